The van der Waals surface area contributed by atoms with E-state index in [1.807, 2.05) is 0 Å². The molecule has 2 nitrogen and oxygen atoms in total. The Balaban J connectivity index is 2.17. The van der Waals surface area contributed by atoms with E-state index in [9.17, 15) is 13.2 Å². The molecule has 1 aliphatic rings. The summed E-state index contributed by atoms with van der Waals surface area (Å²) in [5.41, 5.74) is -0.462. The number of nitriles is 1. The van der Waals surface area contributed by atoms with Crippen molar-refractivity contribution in [3.05, 3.63) is 29.3 Å². The first-order valence-corrected chi connectivity index (χ1v) is 7.28. The van der Waals surface area contributed by atoms with Gasteiger partial charge >= 0.3 is 6.18 Å². The summed E-state index contributed by atoms with van der Waals surface area (Å²) in [5, 5.41) is 9.06. The van der Waals surface area contributed by atoms with Gasteiger partial charge in [0.2, 0.25) is 0 Å². The second-order valence-electron chi connectivity index (χ2n) is 5.09. The fraction of sp³-hybridized carbons (Fsp3) is 0.500. The smallest absolute Gasteiger partial charge is 0.419 e. The molecule has 0 radical (unpaired) electrons. The van der Waals surface area contributed by atoms with Crippen LogP contribution in [0.3, 0.4) is 0 Å². The number of rotatable bonds is 5. The van der Waals surface area contributed by atoms with E-state index < -0.39 is 11.7 Å². The molecule has 1 aromatic carbocycles. The molecule has 6 heteroatoms. The standard InChI is InChI=1S/C14H13BrF3NO/c15-8-10-1-2-12(11(7-10)14(16,17)18)20-9-13(3-4-13)5-6-19/h1-2,7H,3-5,8-9H2. The third kappa shape index (κ3) is 3.45. The molecule has 0 aliphatic heterocycles. The Hall–Kier alpha value is -1.22. The molecule has 0 aromatic heterocycles. The zero-order valence-corrected chi connectivity index (χ0v) is 12.2. The third-order valence-corrected chi connectivity index (χ3v) is 4.10. The van der Waals surface area contributed by atoms with Crippen molar-refractivity contribution in [3.8, 4) is 11.8 Å². The fourth-order valence-corrected chi connectivity index (χ4v) is 2.30. The Morgan fingerprint density at radius 3 is 2.55 bits per heavy atom. The van der Waals surface area contributed by atoms with Gasteiger partial charge in [0.15, 0.2) is 0 Å². The molecule has 1 aliphatic carbocycles. The number of alkyl halides is 4. The van der Waals surface area contributed by atoms with Gasteiger partial charge in [0.05, 0.1) is 18.2 Å². The Labute approximate surface area is 123 Å². The van der Waals surface area contributed by atoms with E-state index in [0.717, 1.165) is 18.9 Å². The Morgan fingerprint density at radius 1 is 1.35 bits per heavy atom. The number of ether oxygens (including phenoxy) is 1. The Bertz CT molecular complexity index is 532. The molecule has 2 rings (SSSR count). The lowest BCUT2D eigenvalue weighted by Crippen LogP contribution is -2.15. The van der Waals surface area contributed by atoms with E-state index in [4.69, 9.17) is 10.00 Å². The molecule has 0 heterocycles. The van der Waals surface area contributed by atoms with Crippen LogP contribution < -0.4 is 4.74 Å². The predicted octanol–water partition coefficient (Wildman–Crippen LogP) is 4.67. The third-order valence-electron chi connectivity index (χ3n) is 3.45. The number of nitrogens with zero attached hydrogens (tertiary/aromatic N) is 1. The van der Waals surface area contributed by atoms with E-state index in [1.54, 1.807) is 6.07 Å². The molecular weight excluding hydrogens is 335 g/mol. The van der Waals surface area contributed by atoms with Crippen LogP contribution in [0.1, 0.15) is 30.4 Å². The molecule has 1 aromatic rings. The minimum atomic E-state index is -4.44. The zero-order chi connectivity index (χ0) is 14.8. The van der Waals surface area contributed by atoms with E-state index >= 15 is 0 Å². The highest BCUT2D eigenvalue weighted by molar-refractivity contribution is 9.08. The summed E-state index contributed by atoms with van der Waals surface area (Å²) >= 11 is 3.14. The van der Waals surface area contributed by atoms with Crippen molar-refractivity contribution in [3.63, 3.8) is 0 Å². The molecule has 0 atom stereocenters. The van der Waals surface area contributed by atoms with Crippen LogP contribution in [0.2, 0.25) is 0 Å². The number of halogens is 4. The quantitative estimate of drug-likeness (QED) is 0.725. The largest absolute Gasteiger partial charge is 0.492 e. The molecule has 1 saturated carbocycles. The zero-order valence-electron chi connectivity index (χ0n) is 10.6. The van der Waals surface area contributed by atoms with Gasteiger partial charge < -0.3 is 4.74 Å². The highest BCUT2D eigenvalue weighted by Gasteiger charge is 2.44. The summed E-state index contributed by atoms with van der Waals surface area (Å²) in [5.74, 6) is -0.161. The second-order valence-corrected chi connectivity index (χ2v) is 5.65. The summed E-state index contributed by atoms with van der Waals surface area (Å²) in [4.78, 5) is 0. The van der Waals surface area contributed by atoms with E-state index in [2.05, 4.69) is 22.0 Å². The van der Waals surface area contributed by atoms with Gasteiger partial charge in [0, 0.05) is 17.2 Å². The van der Waals surface area contributed by atoms with Crippen LogP contribution in [0.15, 0.2) is 18.2 Å². The summed E-state index contributed by atoms with van der Waals surface area (Å²) in [6.45, 7) is 0.164. The predicted molar refractivity (Wildman–Crippen MR) is 71.5 cm³/mol. The van der Waals surface area contributed by atoms with E-state index in [1.165, 1.54) is 6.07 Å². The summed E-state index contributed by atoms with van der Waals surface area (Å²) in [6, 6.07) is 6.10. The van der Waals surface area contributed by atoms with Gasteiger partial charge in [-0.05, 0) is 30.5 Å². The molecule has 0 bridgehead atoms. The van der Waals surface area contributed by atoms with Crippen molar-refractivity contribution >= 4 is 15.9 Å². The van der Waals surface area contributed by atoms with Gasteiger partial charge in [0.1, 0.15) is 5.75 Å². The molecular formula is C14H13BrF3NO. The Kier molecular flexibility index (Phi) is 4.28. The molecule has 0 saturated heterocycles. The Morgan fingerprint density at radius 2 is 2.05 bits per heavy atom. The van der Waals surface area contributed by atoms with E-state index in [0.29, 0.717) is 17.3 Å². The number of hydrogen-bond acceptors (Lipinski definition) is 2. The molecule has 0 unspecified atom stereocenters. The van der Waals surface area contributed by atoms with Gasteiger partial charge in [-0.15, -0.1) is 0 Å². The van der Waals surface area contributed by atoms with Crippen molar-refractivity contribution in [1.29, 1.82) is 5.26 Å². The van der Waals surface area contributed by atoms with Crippen LogP contribution in [0, 0.1) is 16.7 Å². The average Bonchev–Trinajstić information content (AvgIpc) is 3.16. The lowest BCUT2D eigenvalue weighted by Gasteiger charge is -2.18. The topological polar surface area (TPSA) is 33.0 Å². The van der Waals surface area contributed by atoms with Crippen molar-refractivity contribution in [2.24, 2.45) is 5.41 Å². The van der Waals surface area contributed by atoms with E-state index in [-0.39, 0.29) is 17.8 Å². The van der Waals surface area contributed by atoms with Crippen LogP contribution in [-0.4, -0.2) is 6.61 Å². The van der Waals surface area contributed by atoms with Gasteiger partial charge in [-0.25, -0.2) is 0 Å². The molecule has 0 spiro atoms. The highest BCUT2D eigenvalue weighted by atomic mass is 79.9. The molecule has 20 heavy (non-hydrogen) atoms. The van der Waals surface area contributed by atoms with Crippen molar-refractivity contribution in [2.45, 2.75) is 30.8 Å². The minimum Gasteiger partial charge on any atom is -0.492 e. The summed E-state index contributed by atoms with van der Waals surface area (Å²) < 4.78 is 44.4. The van der Waals surface area contributed by atoms with Crippen LogP contribution >= 0.6 is 15.9 Å². The maximum absolute atomic E-state index is 13.0. The molecule has 0 amide bonds. The van der Waals surface area contributed by atoms with Gasteiger partial charge in [-0.3, -0.25) is 0 Å². The van der Waals surface area contributed by atoms with Crippen molar-refractivity contribution < 1.29 is 17.9 Å². The molecule has 1 fully saturated rings. The second kappa shape index (κ2) is 5.65. The van der Waals surface area contributed by atoms with Gasteiger partial charge in [-0.1, -0.05) is 22.0 Å². The van der Waals surface area contributed by atoms with Gasteiger partial charge in [0.25, 0.3) is 0 Å². The van der Waals surface area contributed by atoms with Crippen LogP contribution in [0.5, 0.6) is 5.75 Å². The molecule has 0 N–H and O–H groups in total. The lowest BCUT2D eigenvalue weighted by atomic mass is 10.1. The number of hydrogen-bond donors (Lipinski definition) is 0. The van der Waals surface area contributed by atoms with Crippen LogP contribution in [-0.2, 0) is 11.5 Å². The van der Waals surface area contributed by atoms with Crippen LogP contribution in [0.4, 0.5) is 13.2 Å². The van der Waals surface area contributed by atoms with Crippen molar-refractivity contribution in [1.82, 2.24) is 0 Å². The highest BCUT2D eigenvalue weighted by Crippen LogP contribution is 2.49. The lowest BCUT2D eigenvalue weighted by molar-refractivity contribution is -0.139. The SMILES string of the molecule is N#CCC1(COc2ccc(CBr)cc2C(F)(F)F)CC1. The maximum Gasteiger partial charge on any atom is 0.419 e. The number of benzene rings is 1. The maximum atomic E-state index is 13.0. The normalized spacial score (nSPS) is 16.6. The first kappa shape index (κ1) is 15.2. The van der Waals surface area contributed by atoms with Crippen LogP contribution in [0.25, 0.3) is 0 Å². The summed E-state index contributed by atoms with van der Waals surface area (Å²) in [7, 11) is 0. The first-order chi connectivity index (χ1) is 9.40. The summed E-state index contributed by atoms with van der Waals surface area (Å²) in [6.07, 6.45) is -2.45. The molecule has 108 valence electrons. The average molecular weight is 348 g/mol. The fourth-order valence-electron chi connectivity index (χ4n) is 1.96. The monoisotopic (exact) mass is 347 g/mol. The minimum absolute atomic E-state index is 0.161. The van der Waals surface area contributed by atoms with Crippen molar-refractivity contribution in [2.75, 3.05) is 6.61 Å². The van der Waals surface area contributed by atoms with Gasteiger partial charge in [-0.2, -0.15) is 18.4 Å². The first-order valence-electron chi connectivity index (χ1n) is 6.16.